The number of nitrogens with one attached hydrogen (secondary N) is 2. The summed E-state index contributed by atoms with van der Waals surface area (Å²) in [7, 11) is -2.37. The van der Waals surface area contributed by atoms with Crippen molar-refractivity contribution in [3.8, 4) is 11.5 Å². The van der Waals surface area contributed by atoms with Gasteiger partial charge in [0.15, 0.2) is 0 Å². The molecule has 2 aliphatic rings. The van der Waals surface area contributed by atoms with Gasteiger partial charge in [0.1, 0.15) is 11.5 Å². The molecule has 0 amide bonds. The number of fused-ring (bicyclic) bond motifs is 3. The van der Waals surface area contributed by atoms with Gasteiger partial charge < -0.3 is 14.8 Å². The number of sulfonamides is 1. The van der Waals surface area contributed by atoms with Crippen LogP contribution in [0, 0.1) is 5.92 Å². The van der Waals surface area contributed by atoms with Crippen LogP contribution in [0.3, 0.4) is 0 Å². The topological polar surface area (TPSA) is 76.7 Å². The van der Waals surface area contributed by atoms with Crippen LogP contribution in [0.5, 0.6) is 11.5 Å². The number of halogens is 1. The molecule has 2 N–H and O–H groups in total. The monoisotopic (exact) mass is 524 g/mol. The van der Waals surface area contributed by atoms with Crippen molar-refractivity contribution in [2.75, 3.05) is 17.1 Å². The fraction of sp³-hybridized carbons (Fsp3) is 0.286. The first-order valence-corrected chi connectivity index (χ1v) is 13.8. The zero-order valence-corrected chi connectivity index (χ0v) is 21.9. The summed E-state index contributed by atoms with van der Waals surface area (Å²) in [5, 5.41) is 4.08. The normalized spacial score (nSPS) is 20.4. The third-order valence-corrected chi connectivity index (χ3v) is 8.26. The summed E-state index contributed by atoms with van der Waals surface area (Å²) in [5.41, 5.74) is 3.40. The van der Waals surface area contributed by atoms with E-state index in [-0.39, 0.29) is 28.9 Å². The maximum atomic E-state index is 13.3. The zero-order valence-electron chi connectivity index (χ0n) is 20.4. The number of methoxy groups -OCH3 is 1. The predicted octanol–water partition coefficient (Wildman–Crippen LogP) is 6.76. The lowest BCUT2D eigenvalue weighted by Crippen LogP contribution is -2.29. The number of ether oxygens (including phenoxy) is 2. The highest BCUT2D eigenvalue weighted by Crippen LogP contribution is 2.50. The van der Waals surface area contributed by atoms with E-state index in [0.29, 0.717) is 16.5 Å². The second-order valence-electron chi connectivity index (χ2n) is 9.41. The van der Waals surface area contributed by atoms with Gasteiger partial charge >= 0.3 is 0 Å². The van der Waals surface area contributed by atoms with E-state index in [2.05, 4.69) is 34.3 Å². The van der Waals surface area contributed by atoms with Gasteiger partial charge in [-0.2, -0.15) is 0 Å². The second kappa shape index (κ2) is 9.71. The molecule has 0 spiro atoms. The van der Waals surface area contributed by atoms with Gasteiger partial charge in [-0.25, -0.2) is 8.42 Å². The summed E-state index contributed by atoms with van der Waals surface area (Å²) in [4.78, 5) is 0.192. The minimum absolute atomic E-state index is 0.113. The van der Waals surface area contributed by atoms with Crippen LogP contribution >= 0.6 is 11.6 Å². The molecule has 5 rings (SSSR count). The highest BCUT2D eigenvalue weighted by Gasteiger charge is 2.38. The molecule has 1 aliphatic carbocycles. The van der Waals surface area contributed by atoms with E-state index in [0.717, 1.165) is 23.4 Å². The highest BCUT2D eigenvalue weighted by molar-refractivity contribution is 7.92. The summed E-state index contributed by atoms with van der Waals surface area (Å²) < 4.78 is 40.3. The van der Waals surface area contributed by atoms with Gasteiger partial charge in [-0.3, -0.25) is 4.72 Å². The predicted molar refractivity (Wildman–Crippen MR) is 144 cm³/mol. The van der Waals surface area contributed by atoms with E-state index in [9.17, 15) is 8.42 Å². The molecule has 0 saturated carbocycles. The third kappa shape index (κ3) is 4.77. The Balaban J connectivity index is 1.44. The second-order valence-corrected chi connectivity index (χ2v) is 11.5. The van der Waals surface area contributed by atoms with Crippen LogP contribution < -0.4 is 19.5 Å². The van der Waals surface area contributed by atoms with E-state index in [4.69, 9.17) is 21.1 Å². The van der Waals surface area contributed by atoms with E-state index in [1.165, 1.54) is 18.7 Å². The lowest BCUT2D eigenvalue weighted by molar-refractivity contribution is 0.242. The van der Waals surface area contributed by atoms with Crippen molar-refractivity contribution < 1.29 is 17.9 Å². The Morgan fingerprint density at radius 1 is 1.06 bits per heavy atom. The van der Waals surface area contributed by atoms with E-state index >= 15 is 0 Å². The first kappa shape index (κ1) is 24.5. The van der Waals surface area contributed by atoms with Gasteiger partial charge in [0.05, 0.1) is 29.8 Å². The van der Waals surface area contributed by atoms with E-state index < -0.39 is 10.0 Å². The van der Waals surface area contributed by atoms with Crippen LogP contribution in [0.15, 0.2) is 77.7 Å². The Morgan fingerprint density at radius 2 is 1.83 bits per heavy atom. The van der Waals surface area contributed by atoms with Crippen molar-refractivity contribution in [3.63, 3.8) is 0 Å². The first-order valence-electron chi connectivity index (χ1n) is 12.0. The Morgan fingerprint density at radius 3 is 2.56 bits per heavy atom. The van der Waals surface area contributed by atoms with Crippen LogP contribution in [0.4, 0.5) is 11.4 Å². The molecule has 3 aromatic rings. The zero-order chi connectivity index (χ0) is 25.4. The molecule has 0 radical (unpaired) electrons. The summed E-state index contributed by atoms with van der Waals surface area (Å²) in [6.07, 6.45) is 5.42. The Bertz CT molecular complexity index is 1400. The van der Waals surface area contributed by atoms with Crippen molar-refractivity contribution in [3.05, 3.63) is 89.0 Å². The summed E-state index contributed by atoms with van der Waals surface area (Å²) >= 11 is 6.09. The molecule has 3 aromatic carbocycles. The molecule has 1 heterocycles. The van der Waals surface area contributed by atoms with Gasteiger partial charge in [0.2, 0.25) is 0 Å². The summed E-state index contributed by atoms with van der Waals surface area (Å²) in [6.45, 7) is 4.02. The smallest absolute Gasteiger partial charge is 0.262 e. The number of allylic oxidation sites excluding steroid dienone is 2. The molecule has 188 valence electrons. The Labute approximate surface area is 217 Å². The third-order valence-electron chi connectivity index (χ3n) is 6.66. The first-order chi connectivity index (χ1) is 17.2. The fourth-order valence-electron chi connectivity index (χ4n) is 5.06. The molecular formula is C28H29ClN2O4S. The molecule has 8 heteroatoms. The average Bonchev–Trinajstić information content (AvgIpc) is 3.34. The van der Waals surface area contributed by atoms with Crippen molar-refractivity contribution in [1.82, 2.24) is 0 Å². The van der Waals surface area contributed by atoms with Crippen LogP contribution in [0.2, 0.25) is 5.02 Å². The molecule has 0 bridgehead atoms. The van der Waals surface area contributed by atoms with Gasteiger partial charge in [-0.15, -0.1) is 0 Å². The Kier molecular flexibility index (Phi) is 6.62. The largest absolute Gasteiger partial charge is 0.495 e. The average molecular weight is 525 g/mol. The summed E-state index contributed by atoms with van der Waals surface area (Å²) in [6, 6.07) is 18.4. The highest BCUT2D eigenvalue weighted by atomic mass is 35.5. The summed E-state index contributed by atoms with van der Waals surface area (Å²) in [5.74, 6) is 1.65. The number of hydrogen-bond acceptors (Lipinski definition) is 5. The molecule has 3 atom stereocenters. The van der Waals surface area contributed by atoms with Crippen molar-refractivity contribution >= 4 is 33.0 Å². The molecule has 36 heavy (non-hydrogen) atoms. The number of rotatable bonds is 7. The lowest BCUT2D eigenvalue weighted by atomic mass is 9.77. The lowest BCUT2D eigenvalue weighted by Gasteiger charge is -2.37. The van der Waals surface area contributed by atoms with Gasteiger partial charge in [0.25, 0.3) is 10.0 Å². The quantitative estimate of drug-likeness (QED) is 0.334. The van der Waals surface area contributed by atoms with Gasteiger partial charge in [-0.05, 0) is 85.8 Å². The molecule has 1 aliphatic heterocycles. The number of benzene rings is 3. The van der Waals surface area contributed by atoms with Crippen LogP contribution in [0.1, 0.15) is 43.4 Å². The molecule has 0 unspecified atom stereocenters. The van der Waals surface area contributed by atoms with Crippen molar-refractivity contribution in [2.24, 2.45) is 5.92 Å². The molecular weight excluding hydrogens is 496 g/mol. The van der Waals surface area contributed by atoms with Crippen LogP contribution in [-0.2, 0) is 10.0 Å². The van der Waals surface area contributed by atoms with Gasteiger partial charge in [0, 0.05) is 16.6 Å². The molecule has 0 aromatic heterocycles. The molecule has 0 fully saturated rings. The molecule has 6 nitrogen and oxygen atoms in total. The fourth-order valence-corrected chi connectivity index (χ4v) is 6.33. The number of anilines is 2. The van der Waals surface area contributed by atoms with Crippen molar-refractivity contribution in [2.45, 2.75) is 43.2 Å². The van der Waals surface area contributed by atoms with Gasteiger partial charge in [-0.1, -0.05) is 35.9 Å². The minimum Gasteiger partial charge on any atom is -0.495 e. The van der Waals surface area contributed by atoms with Crippen LogP contribution in [-0.4, -0.2) is 21.6 Å². The maximum absolute atomic E-state index is 13.3. The number of hydrogen-bond donors (Lipinski definition) is 2. The SMILES string of the molecule is COc1ccc(Cl)cc1NS(=O)(=O)c1ccc2c(c1)[C@H]1C=CC[C@H]1[C@@H](c1ccc(OC(C)C)cc1)N2. The van der Waals surface area contributed by atoms with Crippen molar-refractivity contribution in [1.29, 1.82) is 0 Å². The Hall–Kier alpha value is -3.16. The minimum atomic E-state index is -3.86. The van der Waals surface area contributed by atoms with E-state index in [1.54, 1.807) is 24.3 Å². The molecule has 0 saturated heterocycles. The standard InChI is InChI=1S/C28H29ClN2O4S/c1-17(2)35-20-10-7-18(8-11-20)28-23-6-4-5-22(23)24-16-21(12-13-25(24)30-28)36(32,33)31-26-15-19(29)9-14-27(26)34-3/h4-5,7-17,22-23,28,30-31H,6H2,1-3H3/t22-,23+,28+/m0/s1. The maximum Gasteiger partial charge on any atom is 0.262 e. The van der Waals surface area contributed by atoms with E-state index in [1.807, 2.05) is 32.0 Å². The van der Waals surface area contributed by atoms with Crippen LogP contribution in [0.25, 0.3) is 0 Å².